The van der Waals surface area contributed by atoms with Crippen molar-refractivity contribution in [1.29, 1.82) is 0 Å². The molecule has 0 aliphatic heterocycles. The van der Waals surface area contributed by atoms with Crippen molar-refractivity contribution in [3.8, 4) is 0 Å². The number of nitrogens with zero attached hydrogens (tertiary/aromatic N) is 2. The fraction of sp³-hybridized carbons (Fsp3) is 0.235. The molecule has 0 aliphatic carbocycles. The summed E-state index contributed by atoms with van der Waals surface area (Å²) in [5.41, 5.74) is 1.10. The smallest absolute Gasteiger partial charge is 0.264 e. The molecular weight excluding hydrogens is 617 g/mol. The Labute approximate surface area is 269 Å². The highest BCUT2D eigenvalue weighted by Crippen LogP contribution is 2.35. The van der Waals surface area contributed by atoms with Gasteiger partial charge in [-0.05, 0) is 56.2 Å². The Bertz CT molecular complexity index is 1680. The Morgan fingerprint density at radius 3 is 1.89 bits per heavy atom. The van der Waals surface area contributed by atoms with Gasteiger partial charge in [0.1, 0.15) is 12.6 Å². The lowest BCUT2D eigenvalue weighted by molar-refractivity contribution is -0.140. The van der Waals surface area contributed by atoms with Crippen LogP contribution in [-0.4, -0.2) is 43.3 Å². The number of hydrogen-bond donors (Lipinski definition) is 1. The zero-order valence-corrected chi connectivity index (χ0v) is 27.1. The zero-order valence-electron chi connectivity index (χ0n) is 24.8. The summed E-state index contributed by atoms with van der Waals surface area (Å²) in [7, 11) is -4.29. The molecule has 0 bridgehead atoms. The molecule has 0 aromatic heterocycles. The molecule has 10 heteroatoms. The van der Waals surface area contributed by atoms with E-state index < -0.39 is 34.1 Å². The van der Waals surface area contributed by atoms with Gasteiger partial charge in [-0.25, -0.2) is 8.42 Å². The lowest BCUT2D eigenvalue weighted by Crippen LogP contribution is -2.56. The Morgan fingerprint density at radius 2 is 1.32 bits per heavy atom. The number of carbonyl (C=O) groups is 2. The van der Waals surface area contributed by atoms with E-state index in [9.17, 15) is 18.0 Å². The summed E-state index contributed by atoms with van der Waals surface area (Å²) in [6.45, 7) is 5.03. The van der Waals surface area contributed by atoms with Gasteiger partial charge in [0, 0.05) is 18.5 Å². The van der Waals surface area contributed by atoms with Gasteiger partial charge >= 0.3 is 0 Å². The van der Waals surface area contributed by atoms with Crippen LogP contribution in [0.4, 0.5) is 5.69 Å². The van der Waals surface area contributed by atoms with Gasteiger partial charge in [0.05, 0.1) is 20.6 Å². The van der Waals surface area contributed by atoms with E-state index in [2.05, 4.69) is 5.32 Å². The highest BCUT2D eigenvalue weighted by molar-refractivity contribution is 7.92. The minimum atomic E-state index is -4.29. The monoisotopic (exact) mass is 651 g/mol. The first-order valence-electron chi connectivity index (χ1n) is 14.1. The second kappa shape index (κ2) is 14.3. The number of carbonyl (C=O) groups excluding carboxylic acids is 2. The van der Waals surface area contributed by atoms with E-state index in [1.165, 1.54) is 29.2 Å². The van der Waals surface area contributed by atoms with Crippen molar-refractivity contribution in [1.82, 2.24) is 10.2 Å². The minimum Gasteiger partial charge on any atom is -0.350 e. The van der Waals surface area contributed by atoms with Crippen LogP contribution in [0.3, 0.4) is 0 Å². The van der Waals surface area contributed by atoms with E-state index in [0.717, 1.165) is 15.4 Å². The van der Waals surface area contributed by atoms with Crippen LogP contribution in [0.15, 0.2) is 114 Å². The number of sulfonamides is 1. The quantitative estimate of drug-likeness (QED) is 0.194. The van der Waals surface area contributed by atoms with Gasteiger partial charge in [-0.15, -0.1) is 0 Å². The van der Waals surface area contributed by atoms with Crippen LogP contribution in [0.5, 0.6) is 0 Å². The molecule has 4 rings (SSSR count). The van der Waals surface area contributed by atoms with E-state index in [4.69, 9.17) is 23.2 Å². The Kier molecular flexibility index (Phi) is 10.7. The average molecular weight is 653 g/mol. The van der Waals surface area contributed by atoms with Crippen LogP contribution in [0.25, 0.3) is 0 Å². The third-order valence-electron chi connectivity index (χ3n) is 6.78. The maximum absolute atomic E-state index is 14.5. The zero-order chi connectivity index (χ0) is 31.9. The molecule has 0 fully saturated rings. The van der Waals surface area contributed by atoms with Gasteiger partial charge < -0.3 is 10.2 Å². The molecule has 1 N–H and O–H groups in total. The fourth-order valence-corrected chi connectivity index (χ4v) is 6.60. The maximum Gasteiger partial charge on any atom is 0.264 e. The summed E-state index contributed by atoms with van der Waals surface area (Å²) in [5.74, 6) is -0.946. The molecule has 1 atom stereocenters. The Balaban J connectivity index is 1.83. The van der Waals surface area contributed by atoms with Crippen LogP contribution < -0.4 is 9.62 Å². The van der Waals surface area contributed by atoms with Crippen molar-refractivity contribution in [2.24, 2.45) is 0 Å². The largest absolute Gasteiger partial charge is 0.350 e. The first kappa shape index (κ1) is 33.1. The number of anilines is 1. The Morgan fingerprint density at radius 1 is 0.773 bits per heavy atom. The molecule has 44 heavy (non-hydrogen) atoms. The van der Waals surface area contributed by atoms with Crippen LogP contribution in [0.2, 0.25) is 10.0 Å². The fourth-order valence-electron chi connectivity index (χ4n) is 4.71. The molecule has 7 nitrogen and oxygen atoms in total. The van der Waals surface area contributed by atoms with E-state index >= 15 is 0 Å². The van der Waals surface area contributed by atoms with E-state index in [-0.39, 0.29) is 39.5 Å². The van der Waals surface area contributed by atoms with Crippen LogP contribution in [0, 0.1) is 0 Å². The summed E-state index contributed by atoms with van der Waals surface area (Å²) in [6.07, 6.45) is 0.213. The molecule has 230 valence electrons. The molecule has 2 amide bonds. The van der Waals surface area contributed by atoms with E-state index in [1.807, 2.05) is 81.4 Å². The number of amides is 2. The Hall–Kier alpha value is -3.85. The summed E-state index contributed by atoms with van der Waals surface area (Å²) in [4.78, 5) is 29.8. The third-order valence-corrected chi connectivity index (χ3v) is 9.36. The number of hydrogen-bond acceptors (Lipinski definition) is 4. The molecule has 0 radical (unpaired) electrons. The third kappa shape index (κ3) is 8.40. The highest BCUT2D eigenvalue weighted by atomic mass is 35.5. The predicted molar refractivity (Wildman–Crippen MR) is 176 cm³/mol. The maximum atomic E-state index is 14.5. The normalized spacial score (nSPS) is 12.3. The van der Waals surface area contributed by atoms with Gasteiger partial charge in [0.2, 0.25) is 11.8 Å². The van der Waals surface area contributed by atoms with E-state index in [0.29, 0.717) is 0 Å². The van der Waals surface area contributed by atoms with E-state index in [1.54, 1.807) is 24.3 Å². The highest BCUT2D eigenvalue weighted by Gasteiger charge is 2.36. The minimum absolute atomic E-state index is 0.0117. The standard InChI is InChI=1S/C34H35Cl2N3O4S/c1-34(2,3)37-33(41)30(22-25-14-7-4-8-15-25)38(23-26-16-9-5-10-17-26)31(40)24-39(29-21-13-20-28(35)32(29)36)44(42,43)27-18-11-6-12-19-27/h4-21,30H,22-24H2,1-3H3,(H,37,41)/t30-/m1/s1. The van der Waals surface area contributed by atoms with Crippen molar-refractivity contribution in [3.63, 3.8) is 0 Å². The average Bonchev–Trinajstić information content (AvgIpc) is 2.99. The number of rotatable bonds is 11. The topological polar surface area (TPSA) is 86.8 Å². The lowest BCUT2D eigenvalue weighted by Gasteiger charge is -2.35. The second-order valence-corrected chi connectivity index (χ2v) is 14.0. The molecule has 0 saturated carbocycles. The SMILES string of the molecule is CC(C)(C)NC(=O)[C@@H](Cc1ccccc1)N(Cc1ccccc1)C(=O)CN(c1cccc(Cl)c1Cl)S(=O)(=O)c1ccccc1. The molecule has 4 aromatic rings. The summed E-state index contributed by atoms with van der Waals surface area (Å²) >= 11 is 12.8. The summed E-state index contributed by atoms with van der Waals surface area (Å²) in [6, 6.07) is 30.1. The molecule has 4 aromatic carbocycles. The van der Waals surface area contributed by atoms with Crippen molar-refractivity contribution in [2.75, 3.05) is 10.8 Å². The molecule has 0 saturated heterocycles. The van der Waals surface area contributed by atoms with Gasteiger partial charge in [0.15, 0.2) is 0 Å². The summed E-state index contributed by atoms with van der Waals surface area (Å²) in [5, 5.41) is 3.14. The first-order valence-corrected chi connectivity index (χ1v) is 16.3. The lowest BCUT2D eigenvalue weighted by atomic mass is 10.0. The van der Waals surface area contributed by atoms with Gasteiger partial charge in [-0.3, -0.25) is 13.9 Å². The van der Waals surface area contributed by atoms with Crippen molar-refractivity contribution < 1.29 is 18.0 Å². The van der Waals surface area contributed by atoms with Crippen molar-refractivity contribution in [2.45, 2.75) is 50.2 Å². The molecule has 0 aliphatic rings. The van der Waals surface area contributed by atoms with Gasteiger partial charge in [-0.1, -0.05) is 108 Å². The summed E-state index contributed by atoms with van der Waals surface area (Å²) < 4.78 is 29.1. The number of halogens is 2. The van der Waals surface area contributed by atoms with Crippen LogP contribution in [-0.2, 0) is 32.6 Å². The molecule has 0 unspecified atom stereocenters. The second-order valence-electron chi connectivity index (χ2n) is 11.3. The van der Waals surface area contributed by atoms with Crippen molar-refractivity contribution >= 4 is 50.7 Å². The number of nitrogens with one attached hydrogen (secondary N) is 1. The molecular formula is C34H35Cl2N3O4S. The molecule has 0 spiro atoms. The van der Waals surface area contributed by atoms with Gasteiger partial charge in [0.25, 0.3) is 10.0 Å². The van der Waals surface area contributed by atoms with Crippen LogP contribution >= 0.6 is 23.2 Å². The van der Waals surface area contributed by atoms with Crippen molar-refractivity contribution in [3.05, 3.63) is 130 Å². The molecule has 0 heterocycles. The predicted octanol–water partition coefficient (Wildman–Crippen LogP) is 6.74. The first-order chi connectivity index (χ1) is 20.9. The van der Waals surface area contributed by atoms with Gasteiger partial charge in [-0.2, -0.15) is 0 Å². The van der Waals surface area contributed by atoms with Crippen LogP contribution in [0.1, 0.15) is 31.9 Å². The number of benzene rings is 4.